The van der Waals surface area contributed by atoms with Gasteiger partial charge in [-0.1, -0.05) is 86.7 Å². The quantitative estimate of drug-likeness (QED) is 0.498. The number of rotatable bonds is 5. The number of hydrogen-bond donors (Lipinski definition) is 0. The van der Waals surface area contributed by atoms with Gasteiger partial charge in [0.25, 0.3) is 0 Å². The van der Waals surface area contributed by atoms with Crippen LogP contribution in [0.15, 0.2) is 48.2 Å². The first-order valence-electron chi connectivity index (χ1n) is 6.11. The molecule has 0 saturated heterocycles. The van der Waals surface area contributed by atoms with Gasteiger partial charge in [0.2, 0.25) is 0 Å². The molecular formula is C15H22Si. The predicted molar refractivity (Wildman–Crippen MR) is 77.2 cm³/mol. The molecule has 0 aromatic heterocycles. The van der Waals surface area contributed by atoms with E-state index in [9.17, 15) is 0 Å². The van der Waals surface area contributed by atoms with E-state index in [1.165, 1.54) is 17.7 Å². The third-order valence-electron chi connectivity index (χ3n) is 3.31. The summed E-state index contributed by atoms with van der Waals surface area (Å²) in [5, 5.41) is 0. The zero-order chi connectivity index (χ0) is 11.9. The van der Waals surface area contributed by atoms with Crippen LogP contribution in [0, 0.1) is 0 Å². The van der Waals surface area contributed by atoms with Crippen LogP contribution >= 0.6 is 0 Å². The molecule has 1 aromatic carbocycles. The van der Waals surface area contributed by atoms with Crippen LogP contribution in [0.5, 0.6) is 0 Å². The lowest BCUT2D eigenvalue weighted by molar-refractivity contribution is 1.27. The van der Waals surface area contributed by atoms with Gasteiger partial charge < -0.3 is 0 Å². The molecule has 86 valence electrons. The molecule has 0 spiro atoms. The summed E-state index contributed by atoms with van der Waals surface area (Å²) in [7, 11) is -1.07. The van der Waals surface area contributed by atoms with Gasteiger partial charge in [-0.3, -0.25) is 0 Å². The highest BCUT2D eigenvalue weighted by molar-refractivity contribution is 6.83. The van der Waals surface area contributed by atoms with E-state index in [-0.39, 0.29) is 0 Å². The average Bonchev–Trinajstić information content (AvgIpc) is 2.36. The summed E-state index contributed by atoms with van der Waals surface area (Å²) in [6.07, 6.45) is 6.55. The van der Waals surface area contributed by atoms with E-state index >= 15 is 0 Å². The molecule has 0 amide bonds. The van der Waals surface area contributed by atoms with Crippen molar-refractivity contribution in [2.45, 2.75) is 32.5 Å². The first kappa shape index (κ1) is 13.0. The van der Waals surface area contributed by atoms with Crippen LogP contribution in [0.25, 0.3) is 6.08 Å². The first-order valence-corrected chi connectivity index (χ1v) is 9.10. The molecule has 0 radical (unpaired) electrons. The van der Waals surface area contributed by atoms with Crippen LogP contribution in [-0.2, 0) is 0 Å². The number of hydrogen-bond acceptors (Lipinski definition) is 0. The molecule has 0 fully saturated rings. The Balaban J connectivity index is 2.57. The van der Waals surface area contributed by atoms with Crippen molar-refractivity contribution >= 4 is 14.1 Å². The van der Waals surface area contributed by atoms with Gasteiger partial charge in [-0.25, -0.2) is 0 Å². The molecule has 1 aromatic rings. The SMILES string of the molecule is CC[Si](C)(/C=C/C=C/c1ccccc1)CC. The maximum absolute atomic E-state index is 2.45. The van der Waals surface area contributed by atoms with E-state index in [1.807, 2.05) is 6.07 Å². The minimum Gasteiger partial charge on any atom is -0.0945 e. The van der Waals surface area contributed by atoms with E-state index in [0.717, 1.165) is 0 Å². The standard InChI is InChI=1S/C15H22Si/c1-4-16(3,5-2)14-10-9-13-15-11-7-6-8-12-15/h6-14H,4-5H2,1-3H3/b13-9+,14-10+. The fourth-order valence-electron chi connectivity index (χ4n) is 1.50. The van der Waals surface area contributed by atoms with E-state index in [4.69, 9.17) is 0 Å². The lowest BCUT2D eigenvalue weighted by atomic mass is 10.2. The summed E-state index contributed by atoms with van der Waals surface area (Å²) in [6, 6.07) is 13.1. The fourth-order valence-corrected chi connectivity index (χ4v) is 3.05. The number of allylic oxidation sites excluding steroid dienone is 2. The van der Waals surface area contributed by atoms with Gasteiger partial charge in [0, 0.05) is 0 Å². The van der Waals surface area contributed by atoms with E-state index in [2.05, 4.69) is 68.6 Å². The predicted octanol–water partition coefficient (Wildman–Crippen LogP) is 4.91. The minimum absolute atomic E-state index is 1.07. The summed E-state index contributed by atoms with van der Waals surface area (Å²) in [5.74, 6) is 0. The molecule has 0 heterocycles. The van der Waals surface area contributed by atoms with Gasteiger partial charge in [-0.15, -0.1) is 0 Å². The Kier molecular flexibility index (Phi) is 5.27. The number of benzene rings is 1. The normalized spacial score (nSPS) is 12.7. The van der Waals surface area contributed by atoms with Crippen LogP contribution < -0.4 is 0 Å². The maximum atomic E-state index is 2.45. The summed E-state index contributed by atoms with van der Waals surface area (Å²) < 4.78 is 0. The van der Waals surface area contributed by atoms with E-state index < -0.39 is 8.07 Å². The molecule has 0 aliphatic heterocycles. The Bertz CT molecular complexity index is 345. The molecule has 0 saturated carbocycles. The fraction of sp³-hybridized carbons (Fsp3) is 0.333. The maximum Gasteiger partial charge on any atom is 0.0742 e. The highest BCUT2D eigenvalue weighted by Crippen LogP contribution is 2.16. The van der Waals surface area contributed by atoms with Crippen molar-refractivity contribution in [2.75, 3.05) is 0 Å². The smallest absolute Gasteiger partial charge is 0.0742 e. The van der Waals surface area contributed by atoms with Crippen LogP contribution in [0.3, 0.4) is 0 Å². The molecule has 1 heteroatoms. The zero-order valence-corrected chi connectivity index (χ0v) is 11.6. The third kappa shape index (κ3) is 4.19. The van der Waals surface area contributed by atoms with E-state index in [1.54, 1.807) is 0 Å². The second kappa shape index (κ2) is 6.49. The van der Waals surface area contributed by atoms with Crippen molar-refractivity contribution in [1.82, 2.24) is 0 Å². The third-order valence-corrected chi connectivity index (χ3v) is 7.54. The lowest BCUT2D eigenvalue weighted by Crippen LogP contribution is -2.24. The van der Waals surface area contributed by atoms with Gasteiger partial charge in [0.15, 0.2) is 0 Å². The Labute approximate surface area is 101 Å². The minimum atomic E-state index is -1.07. The second-order valence-corrected chi connectivity index (χ2v) is 9.55. The topological polar surface area (TPSA) is 0 Å². The molecule has 0 nitrogen and oxygen atoms in total. The highest BCUT2D eigenvalue weighted by atomic mass is 28.3. The molecular weight excluding hydrogens is 208 g/mol. The first-order chi connectivity index (χ1) is 7.70. The van der Waals surface area contributed by atoms with Crippen LogP contribution in [0.4, 0.5) is 0 Å². The van der Waals surface area contributed by atoms with Crippen molar-refractivity contribution in [2.24, 2.45) is 0 Å². The molecule has 16 heavy (non-hydrogen) atoms. The Morgan fingerprint density at radius 3 is 2.19 bits per heavy atom. The molecule has 0 aliphatic rings. The van der Waals surface area contributed by atoms with Crippen LogP contribution in [0.1, 0.15) is 19.4 Å². The Morgan fingerprint density at radius 1 is 1.00 bits per heavy atom. The molecule has 0 bridgehead atoms. The van der Waals surface area contributed by atoms with Crippen molar-refractivity contribution in [3.05, 3.63) is 53.7 Å². The molecule has 1 rings (SSSR count). The summed E-state index contributed by atoms with van der Waals surface area (Å²) in [6.45, 7) is 7.06. The largest absolute Gasteiger partial charge is 0.0945 e. The van der Waals surface area contributed by atoms with Gasteiger partial charge in [-0.05, 0) is 5.56 Å². The van der Waals surface area contributed by atoms with Gasteiger partial charge in [-0.2, -0.15) is 0 Å². The van der Waals surface area contributed by atoms with Crippen molar-refractivity contribution in [1.29, 1.82) is 0 Å². The summed E-state index contributed by atoms with van der Waals surface area (Å²) in [4.78, 5) is 0. The zero-order valence-electron chi connectivity index (χ0n) is 10.6. The summed E-state index contributed by atoms with van der Waals surface area (Å²) in [5.41, 5.74) is 3.72. The van der Waals surface area contributed by atoms with Gasteiger partial charge in [0.05, 0.1) is 8.07 Å². The van der Waals surface area contributed by atoms with Crippen LogP contribution in [-0.4, -0.2) is 8.07 Å². The molecule has 0 N–H and O–H groups in total. The van der Waals surface area contributed by atoms with Crippen LogP contribution in [0.2, 0.25) is 18.6 Å². The Hall–Kier alpha value is -1.08. The van der Waals surface area contributed by atoms with Crippen molar-refractivity contribution in [3.63, 3.8) is 0 Å². The Morgan fingerprint density at radius 2 is 1.62 bits per heavy atom. The van der Waals surface area contributed by atoms with Gasteiger partial charge >= 0.3 is 0 Å². The lowest BCUT2D eigenvalue weighted by Gasteiger charge is -2.18. The molecule has 0 unspecified atom stereocenters. The average molecular weight is 230 g/mol. The summed E-state index contributed by atoms with van der Waals surface area (Å²) >= 11 is 0. The molecule has 0 aliphatic carbocycles. The monoisotopic (exact) mass is 230 g/mol. The second-order valence-electron chi connectivity index (χ2n) is 4.49. The highest BCUT2D eigenvalue weighted by Gasteiger charge is 2.17. The van der Waals surface area contributed by atoms with Crippen molar-refractivity contribution < 1.29 is 0 Å². The van der Waals surface area contributed by atoms with Crippen molar-refractivity contribution in [3.8, 4) is 0 Å². The van der Waals surface area contributed by atoms with E-state index in [0.29, 0.717) is 0 Å². The molecule has 0 atom stereocenters. The van der Waals surface area contributed by atoms with Gasteiger partial charge in [0.1, 0.15) is 0 Å².